The second-order valence-electron chi connectivity index (χ2n) is 15.8. The minimum Gasteiger partial charge on any atom is -0.461 e. The third kappa shape index (κ3) is 4.54. The van der Waals surface area contributed by atoms with E-state index < -0.39 is 6.04 Å². The van der Waals surface area contributed by atoms with Gasteiger partial charge in [-0.05, 0) is 116 Å². The van der Waals surface area contributed by atoms with Crippen LogP contribution < -0.4 is 5.73 Å². The van der Waals surface area contributed by atoms with Gasteiger partial charge in [-0.25, -0.2) is 0 Å². The van der Waals surface area contributed by atoms with Gasteiger partial charge >= 0.3 is 5.97 Å². The molecule has 13 atom stereocenters. The van der Waals surface area contributed by atoms with Gasteiger partial charge in [0.05, 0.1) is 12.7 Å². The number of carbonyl (C=O) groups is 1. The Hall–Kier alpha value is -1.43. The van der Waals surface area contributed by atoms with Gasteiger partial charge < -0.3 is 19.9 Å². The molecule has 2 heterocycles. The molecule has 4 saturated carbocycles. The fourth-order valence-electron chi connectivity index (χ4n) is 11.5. The van der Waals surface area contributed by atoms with Crippen LogP contribution in [0.2, 0.25) is 0 Å². The lowest BCUT2D eigenvalue weighted by atomic mass is 9.44. The van der Waals surface area contributed by atoms with Crippen LogP contribution >= 0.6 is 0 Å². The van der Waals surface area contributed by atoms with Crippen LogP contribution in [-0.2, 0) is 25.4 Å². The average Bonchev–Trinajstić information content (AvgIpc) is 3.40. The van der Waals surface area contributed by atoms with Crippen LogP contribution in [0.5, 0.6) is 0 Å². The first kappa shape index (κ1) is 28.3. The summed E-state index contributed by atoms with van der Waals surface area (Å²) in [7, 11) is 0. The molecule has 0 amide bonds. The third-order valence-corrected chi connectivity index (χ3v) is 13.8. The quantitative estimate of drug-likeness (QED) is 0.403. The lowest BCUT2D eigenvalue weighted by molar-refractivity contribution is -0.273. The standard InChI is InChI=1S/C36H53NO4/c1-22-12-17-36(39-21-22)23(2)32-31(41-36)20-29-27-11-10-25-19-26(13-15-34(25,3)28(27)14-16-35(29,32)4)40-33(38)30(37)18-24-8-6-5-7-9-24/h5-9,22-23,25-32H,10-21,37H2,1-4H3/t22-,23+,25?,26+,27-,28+,29+,30?,31+,32+,34+,35+,36-/m1/s1. The molecule has 2 saturated heterocycles. The number of rotatable bonds is 4. The van der Waals surface area contributed by atoms with Crippen LogP contribution in [0.1, 0.15) is 97.5 Å². The van der Waals surface area contributed by atoms with Crippen molar-refractivity contribution in [2.45, 2.75) is 122 Å². The molecule has 1 aromatic carbocycles. The van der Waals surface area contributed by atoms with Crippen LogP contribution in [-0.4, -0.2) is 36.6 Å². The lowest BCUT2D eigenvalue weighted by Gasteiger charge is -2.61. The van der Waals surface area contributed by atoms with E-state index in [1.54, 1.807) is 0 Å². The van der Waals surface area contributed by atoms with E-state index in [1.807, 2.05) is 30.3 Å². The van der Waals surface area contributed by atoms with Crippen molar-refractivity contribution in [3.63, 3.8) is 0 Å². The van der Waals surface area contributed by atoms with Crippen molar-refractivity contribution in [3.8, 4) is 0 Å². The molecule has 2 N–H and O–H groups in total. The second-order valence-corrected chi connectivity index (χ2v) is 15.8. The number of hydrogen-bond acceptors (Lipinski definition) is 5. The van der Waals surface area contributed by atoms with Gasteiger partial charge in [0.1, 0.15) is 12.1 Å². The molecule has 7 rings (SSSR count). The normalized spacial score (nSPS) is 49.4. The highest BCUT2D eigenvalue weighted by Crippen LogP contribution is 2.71. The Morgan fingerprint density at radius 1 is 0.976 bits per heavy atom. The van der Waals surface area contributed by atoms with Crippen molar-refractivity contribution < 1.29 is 19.0 Å². The summed E-state index contributed by atoms with van der Waals surface area (Å²) in [6.07, 6.45) is 12.9. The van der Waals surface area contributed by atoms with E-state index in [0.29, 0.717) is 47.0 Å². The minimum atomic E-state index is -0.592. The Kier molecular flexibility index (Phi) is 7.15. The number of benzene rings is 1. The molecule has 2 aliphatic heterocycles. The number of nitrogens with two attached hydrogens (primary N) is 1. The molecule has 0 radical (unpaired) electrons. The molecule has 0 aromatic heterocycles. The van der Waals surface area contributed by atoms with E-state index in [-0.39, 0.29) is 17.9 Å². The van der Waals surface area contributed by atoms with Gasteiger partial charge in [0.15, 0.2) is 5.79 Å². The van der Waals surface area contributed by atoms with Gasteiger partial charge in [0.25, 0.3) is 0 Å². The Morgan fingerprint density at radius 3 is 2.51 bits per heavy atom. The van der Waals surface area contributed by atoms with Crippen molar-refractivity contribution >= 4 is 5.97 Å². The van der Waals surface area contributed by atoms with Crippen molar-refractivity contribution in [1.29, 1.82) is 0 Å². The molecule has 1 spiro atoms. The molecule has 1 aromatic rings. The molecule has 4 aliphatic carbocycles. The van der Waals surface area contributed by atoms with Crippen molar-refractivity contribution in [2.75, 3.05) is 6.61 Å². The highest BCUT2D eigenvalue weighted by Gasteiger charge is 2.69. The molecule has 5 heteroatoms. The molecule has 41 heavy (non-hydrogen) atoms. The average molecular weight is 564 g/mol. The monoisotopic (exact) mass is 563 g/mol. The van der Waals surface area contributed by atoms with Crippen LogP contribution in [0.3, 0.4) is 0 Å². The highest BCUT2D eigenvalue weighted by atomic mass is 16.7. The molecule has 6 aliphatic rings. The van der Waals surface area contributed by atoms with Gasteiger partial charge in [-0.2, -0.15) is 0 Å². The van der Waals surface area contributed by atoms with Gasteiger partial charge in [-0.1, -0.05) is 58.0 Å². The Bertz CT molecular complexity index is 1120. The maximum absolute atomic E-state index is 12.9. The van der Waals surface area contributed by atoms with E-state index in [0.717, 1.165) is 49.2 Å². The maximum atomic E-state index is 12.9. The van der Waals surface area contributed by atoms with E-state index in [9.17, 15) is 4.79 Å². The number of carbonyl (C=O) groups excluding carboxylic acids is 1. The summed E-state index contributed by atoms with van der Waals surface area (Å²) in [6, 6.07) is 9.44. The topological polar surface area (TPSA) is 70.8 Å². The van der Waals surface area contributed by atoms with E-state index in [4.69, 9.17) is 19.9 Å². The molecule has 226 valence electrons. The van der Waals surface area contributed by atoms with Gasteiger partial charge in [-0.15, -0.1) is 0 Å². The zero-order valence-electron chi connectivity index (χ0n) is 25.9. The first-order chi connectivity index (χ1) is 19.6. The van der Waals surface area contributed by atoms with E-state index >= 15 is 0 Å². The van der Waals surface area contributed by atoms with Crippen LogP contribution in [0.25, 0.3) is 0 Å². The summed E-state index contributed by atoms with van der Waals surface area (Å²) >= 11 is 0. The Labute approximate surface area is 247 Å². The Morgan fingerprint density at radius 2 is 1.76 bits per heavy atom. The lowest BCUT2D eigenvalue weighted by Crippen LogP contribution is -2.55. The number of esters is 1. The molecule has 2 unspecified atom stereocenters. The van der Waals surface area contributed by atoms with Gasteiger partial charge in [0.2, 0.25) is 0 Å². The van der Waals surface area contributed by atoms with Crippen LogP contribution in [0.4, 0.5) is 0 Å². The number of hydrogen-bond donors (Lipinski definition) is 1. The van der Waals surface area contributed by atoms with Crippen LogP contribution in [0, 0.1) is 52.3 Å². The highest BCUT2D eigenvalue weighted by molar-refractivity contribution is 5.76. The zero-order valence-corrected chi connectivity index (χ0v) is 25.9. The molecule has 6 fully saturated rings. The smallest absolute Gasteiger partial charge is 0.323 e. The number of ether oxygens (including phenoxy) is 3. The van der Waals surface area contributed by atoms with E-state index in [2.05, 4.69) is 27.7 Å². The summed E-state index contributed by atoms with van der Waals surface area (Å²) < 4.78 is 19.6. The van der Waals surface area contributed by atoms with E-state index in [1.165, 1.54) is 44.9 Å². The SMILES string of the molecule is C[C@@H]1CC[C@@]2(OC1)O[C@H]1C[C@H]3[C@@H]4CCC5C[C@@H](OC(=O)C(N)Cc6ccccc6)CC[C@]5(C)[C@H]4CC[C@]3(C)[C@H]1[C@@H]2C. The molecular weight excluding hydrogens is 510 g/mol. The first-order valence-electron chi connectivity index (χ1n) is 16.9. The largest absolute Gasteiger partial charge is 0.461 e. The summed E-state index contributed by atoms with van der Waals surface area (Å²) in [6.45, 7) is 10.8. The number of fused-ring (bicyclic) bond motifs is 7. The molecule has 5 nitrogen and oxygen atoms in total. The zero-order chi connectivity index (χ0) is 28.6. The third-order valence-electron chi connectivity index (χ3n) is 13.8. The maximum Gasteiger partial charge on any atom is 0.323 e. The fourth-order valence-corrected chi connectivity index (χ4v) is 11.5. The van der Waals surface area contributed by atoms with Crippen molar-refractivity contribution in [2.24, 2.45) is 58.0 Å². The molecule has 0 bridgehead atoms. The Balaban J connectivity index is 1.00. The van der Waals surface area contributed by atoms with Gasteiger partial charge in [-0.3, -0.25) is 4.79 Å². The molecular formula is C36H53NO4. The predicted octanol–water partition coefficient (Wildman–Crippen LogP) is 6.91. The van der Waals surface area contributed by atoms with Crippen molar-refractivity contribution in [3.05, 3.63) is 35.9 Å². The minimum absolute atomic E-state index is 0.0160. The summed E-state index contributed by atoms with van der Waals surface area (Å²) in [5.41, 5.74) is 8.09. The first-order valence-corrected chi connectivity index (χ1v) is 16.9. The summed E-state index contributed by atoms with van der Waals surface area (Å²) in [4.78, 5) is 12.9. The van der Waals surface area contributed by atoms with Crippen molar-refractivity contribution in [1.82, 2.24) is 0 Å². The summed E-state index contributed by atoms with van der Waals surface area (Å²) in [5.74, 6) is 4.20. The van der Waals surface area contributed by atoms with Gasteiger partial charge in [0, 0.05) is 12.3 Å². The predicted molar refractivity (Wildman–Crippen MR) is 160 cm³/mol. The summed E-state index contributed by atoms with van der Waals surface area (Å²) in [5, 5.41) is 0. The van der Waals surface area contributed by atoms with Crippen LogP contribution in [0.15, 0.2) is 30.3 Å². The fraction of sp³-hybridized carbons (Fsp3) is 0.806. The second kappa shape index (κ2) is 10.3.